The van der Waals surface area contributed by atoms with Crippen LogP contribution >= 0.6 is 0 Å². The van der Waals surface area contributed by atoms with Crippen LogP contribution in [0.25, 0.3) is 0 Å². The Morgan fingerprint density at radius 1 is 1.08 bits per heavy atom. The van der Waals surface area contributed by atoms with Crippen LogP contribution in [0, 0.1) is 5.92 Å². The average molecular weight is 184 g/mol. The summed E-state index contributed by atoms with van der Waals surface area (Å²) >= 11 is 0. The van der Waals surface area contributed by atoms with Crippen LogP contribution < -0.4 is 0 Å². The lowest BCUT2D eigenvalue weighted by molar-refractivity contribution is -0.120. The van der Waals surface area contributed by atoms with Gasteiger partial charge in [0.25, 0.3) is 0 Å². The number of ketones is 1. The first-order valence-corrected chi connectivity index (χ1v) is 5.76. The second-order valence-electron chi connectivity index (χ2n) is 3.88. The summed E-state index contributed by atoms with van der Waals surface area (Å²) < 4.78 is 0. The molecule has 13 heavy (non-hydrogen) atoms. The van der Waals surface area contributed by atoms with Gasteiger partial charge < -0.3 is 0 Å². The van der Waals surface area contributed by atoms with Gasteiger partial charge in [-0.3, -0.25) is 4.79 Å². The molecule has 0 bridgehead atoms. The number of hydrogen-bond donors (Lipinski definition) is 0. The zero-order valence-corrected chi connectivity index (χ0v) is 9.44. The molecule has 0 saturated carbocycles. The van der Waals surface area contributed by atoms with Crippen LogP contribution in [0.3, 0.4) is 0 Å². The average Bonchev–Trinajstić information content (AvgIpc) is 2.14. The molecule has 78 valence electrons. The smallest absolute Gasteiger partial charge is 0.133 e. The molecule has 0 unspecified atom stereocenters. The van der Waals surface area contributed by atoms with Crippen LogP contribution in [-0.2, 0) is 4.79 Å². The van der Waals surface area contributed by atoms with Crippen molar-refractivity contribution in [1.82, 2.24) is 0 Å². The topological polar surface area (TPSA) is 17.1 Å². The van der Waals surface area contributed by atoms with E-state index in [-0.39, 0.29) is 0 Å². The minimum absolute atomic E-state index is 0.474. The van der Waals surface area contributed by atoms with Gasteiger partial charge in [-0.2, -0.15) is 0 Å². The summed E-state index contributed by atoms with van der Waals surface area (Å²) in [4.78, 5) is 11.4. The number of rotatable bonds is 8. The van der Waals surface area contributed by atoms with Crippen molar-refractivity contribution in [2.24, 2.45) is 5.92 Å². The van der Waals surface area contributed by atoms with Crippen LogP contribution in [0.5, 0.6) is 0 Å². The van der Waals surface area contributed by atoms with Gasteiger partial charge in [0.2, 0.25) is 0 Å². The Hall–Kier alpha value is -0.330. The van der Waals surface area contributed by atoms with Gasteiger partial charge in [-0.25, -0.2) is 0 Å². The molecule has 0 aliphatic heterocycles. The summed E-state index contributed by atoms with van der Waals surface area (Å²) in [6.07, 6.45) is 7.43. The van der Waals surface area contributed by atoms with Crippen molar-refractivity contribution in [2.45, 2.75) is 65.7 Å². The third-order valence-electron chi connectivity index (χ3n) is 2.73. The molecule has 0 rings (SSSR count). The highest BCUT2D eigenvalue weighted by Gasteiger charge is 2.09. The zero-order valence-electron chi connectivity index (χ0n) is 9.44. The molecule has 0 fully saturated rings. The van der Waals surface area contributed by atoms with Gasteiger partial charge in [-0.1, -0.05) is 46.5 Å². The fourth-order valence-electron chi connectivity index (χ4n) is 1.57. The first-order chi connectivity index (χ1) is 6.24. The molecule has 0 aliphatic rings. The summed E-state index contributed by atoms with van der Waals surface area (Å²) in [7, 11) is 0. The molecule has 1 heteroatoms. The molecule has 0 aliphatic carbocycles. The van der Waals surface area contributed by atoms with Crippen molar-refractivity contribution < 1.29 is 4.79 Å². The van der Waals surface area contributed by atoms with E-state index >= 15 is 0 Å². The normalized spacial score (nSPS) is 10.8. The lowest BCUT2D eigenvalue weighted by Gasteiger charge is -2.10. The van der Waals surface area contributed by atoms with Crippen molar-refractivity contribution in [1.29, 1.82) is 0 Å². The van der Waals surface area contributed by atoms with E-state index in [0.717, 1.165) is 32.1 Å². The SMILES string of the molecule is CCCCCC(=O)CC(CC)CC. The Kier molecular flexibility index (Phi) is 8.07. The molecule has 0 aromatic rings. The lowest BCUT2D eigenvalue weighted by atomic mass is 9.95. The van der Waals surface area contributed by atoms with E-state index in [0.29, 0.717) is 11.7 Å². The standard InChI is InChI=1S/C12H24O/c1-4-7-8-9-12(13)10-11(5-2)6-3/h11H,4-10H2,1-3H3. The van der Waals surface area contributed by atoms with Gasteiger partial charge in [-0.15, -0.1) is 0 Å². The molecule has 0 heterocycles. The van der Waals surface area contributed by atoms with Crippen molar-refractivity contribution in [2.75, 3.05) is 0 Å². The van der Waals surface area contributed by atoms with E-state index < -0.39 is 0 Å². The summed E-state index contributed by atoms with van der Waals surface area (Å²) in [5.41, 5.74) is 0. The van der Waals surface area contributed by atoms with Crippen molar-refractivity contribution in [3.8, 4) is 0 Å². The molecule has 1 nitrogen and oxygen atoms in total. The fraction of sp³-hybridized carbons (Fsp3) is 0.917. The molecule has 0 aromatic heterocycles. The first-order valence-electron chi connectivity index (χ1n) is 5.76. The minimum Gasteiger partial charge on any atom is -0.300 e. The highest BCUT2D eigenvalue weighted by atomic mass is 16.1. The van der Waals surface area contributed by atoms with Crippen molar-refractivity contribution in [3.63, 3.8) is 0 Å². The third kappa shape index (κ3) is 6.80. The van der Waals surface area contributed by atoms with Gasteiger partial charge >= 0.3 is 0 Å². The van der Waals surface area contributed by atoms with E-state index in [4.69, 9.17) is 0 Å². The molecular weight excluding hydrogens is 160 g/mol. The number of Topliss-reactive ketones (excluding diaryl/α,β-unsaturated/α-hetero) is 1. The third-order valence-corrected chi connectivity index (χ3v) is 2.73. The second kappa shape index (κ2) is 8.28. The first kappa shape index (κ1) is 12.7. The predicted molar refractivity (Wildman–Crippen MR) is 57.8 cm³/mol. The van der Waals surface area contributed by atoms with E-state index in [2.05, 4.69) is 20.8 Å². The predicted octanol–water partition coefficient (Wildman–Crippen LogP) is 3.96. The summed E-state index contributed by atoms with van der Waals surface area (Å²) in [6, 6.07) is 0. The van der Waals surface area contributed by atoms with Crippen molar-refractivity contribution >= 4 is 5.78 Å². The molecule has 0 aromatic carbocycles. The van der Waals surface area contributed by atoms with Crippen LogP contribution in [0.15, 0.2) is 0 Å². The highest BCUT2D eigenvalue weighted by Crippen LogP contribution is 2.14. The Bertz CT molecular complexity index is 125. The van der Waals surface area contributed by atoms with Crippen molar-refractivity contribution in [3.05, 3.63) is 0 Å². The maximum absolute atomic E-state index is 11.4. The van der Waals surface area contributed by atoms with Gasteiger partial charge in [0.15, 0.2) is 0 Å². The molecule has 0 spiro atoms. The number of carbonyl (C=O) groups is 1. The van der Waals surface area contributed by atoms with Gasteiger partial charge in [0.1, 0.15) is 5.78 Å². The van der Waals surface area contributed by atoms with E-state index in [1.54, 1.807) is 0 Å². The quantitative estimate of drug-likeness (QED) is 0.522. The molecule has 0 saturated heterocycles. The van der Waals surface area contributed by atoms with Crippen LogP contribution in [0.4, 0.5) is 0 Å². The van der Waals surface area contributed by atoms with Gasteiger partial charge in [0.05, 0.1) is 0 Å². The molecule has 0 radical (unpaired) electrons. The number of hydrogen-bond acceptors (Lipinski definition) is 1. The largest absolute Gasteiger partial charge is 0.300 e. The molecule has 0 amide bonds. The van der Waals surface area contributed by atoms with E-state index in [1.807, 2.05) is 0 Å². The summed E-state index contributed by atoms with van der Waals surface area (Å²) in [5.74, 6) is 1.11. The van der Waals surface area contributed by atoms with Crippen LogP contribution in [-0.4, -0.2) is 5.78 Å². The van der Waals surface area contributed by atoms with Gasteiger partial charge in [0, 0.05) is 12.8 Å². The Morgan fingerprint density at radius 3 is 2.15 bits per heavy atom. The number of unbranched alkanes of at least 4 members (excludes halogenated alkanes) is 2. The monoisotopic (exact) mass is 184 g/mol. The Balaban J connectivity index is 3.48. The highest BCUT2D eigenvalue weighted by molar-refractivity contribution is 5.78. The second-order valence-corrected chi connectivity index (χ2v) is 3.88. The van der Waals surface area contributed by atoms with E-state index in [1.165, 1.54) is 12.8 Å². The number of carbonyl (C=O) groups excluding carboxylic acids is 1. The zero-order chi connectivity index (χ0) is 10.1. The lowest BCUT2D eigenvalue weighted by Crippen LogP contribution is -2.06. The fourth-order valence-corrected chi connectivity index (χ4v) is 1.57. The van der Waals surface area contributed by atoms with Gasteiger partial charge in [-0.05, 0) is 12.3 Å². The van der Waals surface area contributed by atoms with Crippen LogP contribution in [0.1, 0.15) is 65.7 Å². The minimum atomic E-state index is 0.474. The Morgan fingerprint density at radius 2 is 1.69 bits per heavy atom. The Labute approximate surface area is 82.9 Å². The molecular formula is C12H24O. The van der Waals surface area contributed by atoms with E-state index in [9.17, 15) is 4.79 Å². The molecule has 0 N–H and O–H groups in total. The molecule has 0 atom stereocenters. The maximum Gasteiger partial charge on any atom is 0.133 e. The maximum atomic E-state index is 11.4. The summed E-state index contributed by atoms with van der Waals surface area (Å²) in [6.45, 7) is 6.52. The summed E-state index contributed by atoms with van der Waals surface area (Å²) in [5, 5.41) is 0. The van der Waals surface area contributed by atoms with Crippen LogP contribution in [0.2, 0.25) is 0 Å².